The van der Waals surface area contributed by atoms with E-state index >= 15 is 0 Å². The van der Waals surface area contributed by atoms with E-state index in [0.717, 1.165) is 16.9 Å². The lowest BCUT2D eigenvalue weighted by atomic mass is 10.2. The van der Waals surface area contributed by atoms with Crippen LogP contribution in [0.3, 0.4) is 0 Å². The van der Waals surface area contributed by atoms with Crippen LogP contribution in [0.2, 0.25) is 0 Å². The summed E-state index contributed by atoms with van der Waals surface area (Å²) < 4.78 is 2.76. The molecule has 0 saturated heterocycles. The number of benzene rings is 1. The van der Waals surface area contributed by atoms with Crippen LogP contribution in [0, 0.1) is 11.6 Å². The predicted octanol–water partition coefficient (Wildman–Crippen LogP) is 2.85. The average Bonchev–Trinajstić information content (AvgIpc) is 2.64. The molecule has 0 aliphatic carbocycles. The zero-order chi connectivity index (χ0) is 10.4. The highest BCUT2D eigenvalue weighted by molar-refractivity contribution is 7.71. The number of hydrogen-bond donors (Lipinski definition) is 1. The number of aromatic amines is 1. The van der Waals surface area contributed by atoms with Crippen molar-refractivity contribution in [3.8, 4) is 0 Å². The zero-order valence-electron chi connectivity index (χ0n) is 8.19. The van der Waals surface area contributed by atoms with Crippen LogP contribution in [0.25, 0.3) is 16.4 Å². The lowest BCUT2D eigenvalue weighted by Crippen LogP contribution is -1.97. The van der Waals surface area contributed by atoms with E-state index in [0.29, 0.717) is 4.64 Å². The van der Waals surface area contributed by atoms with Crippen molar-refractivity contribution >= 4 is 28.6 Å². The standard InChI is InChI=1S/C11H9N3S/c1-7-12-13-11(15)10-6-8-4-2-3-5-9(8)14(7)10/h2-6H,1H3,(H,13,15). The van der Waals surface area contributed by atoms with Gasteiger partial charge in [0.2, 0.25) is 0 Å². The summed E-state index contributed by atoms with van der Waals surface area (Å²) in [6.45, 7) is 1.96. The normalized spacial score (nSPS) is 11.3. The second-order valence-corrected chi connectivity index (χ2v) is 3.93. The Morgan fingerprint density at radius 3 is 2.93 bits per heavy atom. The van der Waals surface area contributed by atoms with Crippen LogP contribution in [0.1, 0.15) is 5.82 Å². The lowest BCUT2D eigenvalue weighted by Gasteiger charge is -2.00. The van der Waals surface area contributed by atoms with Gasteiger partial charge < -0.3 is 0 Å². The first-order chi connectivity index (χ1) is 7.27. The Bertz CT molecular complexity index is 708. The zero-order valence-corrected chi connectivity index (χ0v) is 9.01. The molecule has 0 atom stereocenters. The van der Waals surface area contributed by atoms with Gasteiger partial charge in [0.1, 0.15) is 10.5 Å². The Morgan fingerprint density at radius 1 is 1.27 bits per heavy atom. The van der Waals surface area contributed by atoms with Crippen LogP contribution < -0.4 is 0 Å². The van der Waals surface area contributed by atoms with Crippen LogP contribution in [0.4, 0.5) is 0 Å². The molecule has 0 unspecified atom stereocenters. The fourth-order valence-corrected chi connectivity index (χ4v) is 2.11. The molecule has 1 N–H and O–H groups in total. The number of fused-ring (bicyclic) bond motifs is 3. The molecule has 15 heavy (non-hydrogen) atoms. The molecule has 0 amide bonds. The molecular formula is C11H9N3S. The molecule has 0 aliphatic heterocycles. The minimum absolute atomic E-state index is 0.678. The molecule has 0 aliphatic rings. The summed E-state index contributed by atoms with van der Waals surface area (Å²) >= 11 is 5.22. The number of rotatable bonds is 0. The van der Waals surface area contributed by atoms with E-state index in [-0.39, 0.29) is 0 Å². The number of para-hydroxylation sites is 1. The number of H-pyrrole nitrogens is 1. The van der Waals surface area contributed by atoms with Gasteiger partial charge in [-0.3, -0.25) is 9.50 Å². The van der Waals surface area contributed by atoms with Crippen LogP contribution in [0.5, 0.6) is 0 Å². The predicted molar refractivity (Wildman–Crippen MR) is 62.6 cm³/mol. The van der Waals surface area contributed by atoms with Gasteiger partial charge in [-0.05, 0) is 19.1 Å². The third kappa shape index (κ3) is 1.11. The van der Waals surface area contributed by atoms with E-state index in [1.54, 1.807) is 0 Å². The molecule has 2 heterocycles. The first kappa shape index (κ1) is 8.61. The molecule has 2 aromatic heterocycles. The van der Waals surface area contributed by atoms with Crippen molar-refractivity contribution in [2.75, 3.05) is 0 Å². The third-order valence-electron chi connectivity index (χ3n) is 2.59. The van der Waals surface area contributed by atoms with E-state index in [2.05, 4.69) is 32.8 Å². The van der Waals surface area contributed by atoms with Gasteiger partial charge in [0.15, 0.2) is 0 Å². The van der Waals surface area contributed by atoms with Gasteiger partial charge in [0, 0.05) is 5.39 Å². The van der Waals surface area contributed by atoms with Gasteiger partial charge in [-0.1, -0.05) is 30.4 Å². The highest BCUT2D eigenvalue weighted by atomic mass is 32.1. The molecule has 74 valence electrons. The molecule has 0 bridgehead atoms. The van der Waals surface area contributed by atoms with Crippen molar-refractivity contribution in [2.45, 2.75) is 6.92 Å². The second-order valence-electron chi connectivity index (χ2n) is 3.52. The summed E-state index contributed by atoms with van der Waals surface area (Å²) in [5.74, 6) is 0.916. The van der Waals surface area contributed by atoms with Gasteiger partial charge in [-0.15, -0.1) is 0 Å². The summed E-state index contributed by atoms with van der Waals surface area (Å²) in [6, 6.07) is 10.3. The maximum absolute atomic E-state index is 5.22. The summed E-state index contributed by atoms with van der Waals surface area (Å²) in [7, 11) is 0. The van der Waals surface area contributed by atoms with Crippen LogP contribution in [-0.4, -0.2) is 14.6 Å². The molecule has 0 radical (unpaired) electrons. The fraction of sp³-hybridized carbons (Fsp3) is 0.0909. The largest absolute Gasteiger partial charge is 0.294 e. The highest BCUT2D eigenvalue weighted by Crippen LogP contribution is 2.20. The molecule has 0 fully saturated rings. The number of aromatic nitrogens is 3. The Morgan fingerprint density at radius 2 is 2.07 bits per heavy atom. The highest BCUT2D eigenvalue weighted by Gasteiger charge is 2.05. The van der Waals surface area contributed by atoms with Crippen LogP contribution in [0.15, 0.2) is 30.3 Å². The molecule has 3 nitrogen and oxygen atoms in total. The van der Waals surface area contributed by atoms with Crippen molar-refractivity contribution in [2.24, 2.45) is 0 Å². The van der Waals surface area contributed by atoms with E-state index in [4.69, 9.17) is 12.2 Å². The molecule has 4 heteroatoms. The van der Waals surface area contributed by atoms with E-state index in [1.165, 1.54) is 5.39 Å². The second kappa shape index (κ2) is 2.90. The average molecular weight is 215 g/mol. The molecule has 3 aromatic rings. The van der Waals surface area contributed by atoms with Gasteiger partial charge in [-0.25, -0.2) is 0 Å². The van der Waals surface area contributed by atoms with E-state index in [1.807, 2.05) is 19.1 Å². The molecular weight excluding hydrogens is 206 g/mol. The Kier molecular flexibility index (Phi) is 1.67. The first-order valence-electron chi connectivity index (χ1n) is 4.73. The minimum atomic E-state index is 0.678. The van der Waals surface area contributed by atoms with Gasteiger partial charge >= 0.3 is 0 Å². The van der Waals surface area contributed by atoms with E-state index in [9.17, 15) is 0 Å². The van der Waals surface area contributed by atoms with Crippen LogP contribution in [-0.2, 0) is 0 Å². The quantitative estimate of drug-likeness (QED) is 0.585. The lowest BCUT2D eigenvalue weighted by molar-refractivity contribution is 0.888. The van der Waals surface area contributed by atoms with Crippen molar-refractivity contribution in [3.63, 3.8) is 0 Å². The van der Waals surface area contributed by atoms with Crippen molar-refractivity contribution in [1.82, 2.24) is 14.6 Å². The smallest absolute Gasteiger partial charge is 0.144 e. The molecule has 0 saturated carbocycles. The SMILES string of the molecule is Cc1n[nH]c(=S)c2cc3ccccc3n12. The van der Waals surface area contributed by atoms with E-state index < -0.39 is 0 Å². The number of hydrogen-bond acceptors (Lipinski definition) is 2. The van der Waals surface area contributed by atoms with Crippen molar-refractivity contribution < 1.29 is 0 Å². The van der Waals surface area contributed by atoms with Gasteiger partial charge in [0.25, 0.3) is 0 Å². The Hall–Kier alpha value is -1.68. The van der Waals surface area contributed by atoms with Crippen LogP contribution >= 0.6 is 12.2 Å². The minimum Gasteiger partial charge on any atom is -0.294 e. The summed E-state index contributed by atoms with van der Waals surface area (Å²) in [5, 5.41) is 8.20. The van der Waals surface area contributed by atoms with Crippen molar-refractivity contribution in [3.05, 3.63) is 40.8 Å². The van der Waals surface area contributed by atoms with Gasteiger partial charge in [0.05, 0.1) is 11.0 Å². The number of aryl methyl sites for hydroxylation is 1. The Balaban J connectivity index is 2.72. The van der Waals surface area contributed by atoms with Gasteiger partial charge in [-0.2, -0.15) is 5.10 Å². The summed E-state index contributed by atoms with van der Waals surface area (Å²) in [4.78, 5) is 0. The van der Waals surface area contributed by atoms with Crippen molar-refractivity contribution in [1.29, 1.82) is 0 Å². The summed E-state index contributed by atoms with van der Waals surface area (Å²) in [5.41, 5.74) is 2.16. The molecule has 0 spiro atoms. The molecule has 3 rings (SSSR count). The first-order valence-corrected chi connectivity index (χ1v) is 5.14. The molecule has 1 aromatic carbocycles. The fourth-order valence-electron chi connectivity index (χ4n) is 1.91. The third-order valence-corrected chi connectivity index (χ3v) is 2.89. The topological polar surface area (TPSA) is 33.1 Å². The maximum atomic E-state index is 5.22. The number of nitrogens with zero attached hydrogens (tertiary/aromatic N) is 2. The Labute approximate surface area is 91.4 Å². The maximum Gasteiger partial charge on any atom is 0.144 e. The monoisotopic (exact) mass is 215 g/mol. The number of nitrogens with one attached hydrogen (secondary N) is 1. The summed E-state index contributed by atoms with van der Waals surface area (Å²) in [6.07, 6.45) is 0.